The molecule has 0 unspecified atom stereocenters. The highest BCUT2D eigenvalue weighted by molar-refractivity contribution is 6.19. The smallest absolute Gasteiger partial charge is 0.348 e. The van der Waals surface area contributed by atoms with E-state index in [1.165, 1.54) is 19.9 Å². The first-order valence-corrected chi connectivity index (χ1v) is 9.96. The SMILES string of the molecule is CC1(C)OC(=O)C(=Cc2ccccc2-c2cccc(OCc3ccccc3)c2)C(=O)O1. The van der Waals surface area contributed by atoms with Crippen molar-refractivity contribution in [3.8, 4) is 16.9 Å². The van der Waals surface area contributed by atoms with E-state index in [-0.39, 0.29) is 5.57 Å². The molecule has 0 N–H and O–H groups in total. The zero-order chi connectivity index (χ0) is 21.8. The number of rotatable bonds is 5. The third kappa shape index (κ3) is 4.83. The molecular formula is C26H22O5. The zero-order valence-electron chi connectivity index (χ0n) is 17.3. The van der Waals surface area contributed by atoms with Crippen LogP contribution in [0.4, 0.5) is 0 Å². The first-order valence-electron chi connectivity index (χ1n) is 9.96. The lowest BCUT2D eigenvalue weighted by molar-refractivity contribution is -0.222. The summed E-state index contributed by atoms with van der Waals surface area (Å²) in [6.07, 6.45) is 1.51. The molecule has 3 aromatic rings. The Hall–Kier alpha value is -3.86. The Bertz CT molecular complexity index is 1120. The van der Waals surface area contributed by atoms with E-state index in [1.54, 1.807) is 0 Å². The van der Waals surface area contributed by atoms with E-state index in [9.17, 15) is 9.59 Å². The van der Waals surface area contributed by atoms with Crippen molar-refractivity contribution < 1.29 is 23.8 Å². The third-order valence-corrected chi connectivity index (χ3v) is 4.77. The van der Waals surface area contributed by atoms with Gasteiger partial charge in [-0.05, 0) is 40.5 Å². The molecule has 156 valence electrons. The van der Waals surface area contributed by atoms with Crippen LogP contribution < -0.4 is 4.74 Å². The van der Waals surface area contributed by atoms with Crippen LogP contribution in [0.1, 0.15) is 25.0 Å². The van der Waals surface area contributed by atoms with Gasteiger partial charge in [0.2, 0.25) is 0 Å². The monoisotopic (exact) mass is 414 g/mol. The van der Waals surface area contributed by atoms with Crippen molar-refractivity contribution in [2.45, 2.75) is 26.2 Å². The van der Waals surface area contributed by atoms with Gasteiger partial charge in [0, 0.05) is 13.8 Å². The molecule has 5 heteroatoms. The lowest BCUT2D eigenvalue weighted by Crippen LogP contribution is -2.41. The van der Waals surface area contributed by atoms with E-state index in [0.717, 1.165) is 22.4 Å². The number of carbonyl (C=O) groups is 2. The van der Waals surface area contributed by atoms with Crippen LogP contribution in [0.25, 0.3) is 17.2 Å². The Morgan fingerprint density at radius 3 is 2.26 bits per heavy atom. The van der Waals surface area contributed by atoms with Gasteiger partial charge < -0.3 is 14.2 Å². The number of cyclic esters (lactones) is 2. The van der Waals surface area contributed by atoms with Gasteiger partial charge >= 0.3 is 11.9 Å². The maximum Gasteiger partial charge on any atom is 0.348 e. The molecular weight excluding hydrogens is 392 g/mol. The molecule has 0 atom stereocenters. The van der Waals surface area contributed by atoms with Gasteiger partial charge in [0.25, 0.3) is 5.79 Å². The molecule has 1 fully saturated rings. The van der Waals surface area contributed by atoms with Crippen molar-refractivity contribution in [1.29, 1.82) is 0 Å². The Morgan fingerprint density at radius 1 is 0.839 bits per heavy atom. The highest BCUT2D eigenvalue weighted by Gasteiger charge is 2.38. The molecule has 0 saturated carbocycles. The fourth-order valence-electron chi connectivity index (χ4n) is 3.31. The van der Waals surface area contributed by atoms with Crippen LogP contribution in [0, 0.1) is 0 Å². The molecule has 0 amide bonds. The fraction of sp³-hybridized carbons (Fsp3) is 0.154. The molecule has 0 bridgehead atoms. The second kappa shape index (κ2) is 8.48. The first-order chi connectivity index (χ1) is 14.9. The summed E-state index contributed by atoms with van der Waals surface area (Å²) in [6, 6.07) is 25.1. The quantitative estimate of drug-likeness (QED) is 0.328. The summed E-state index contributed by atoms with van der Waals surface area (Å²) in [4.78, 5) is 24.7. The number of hydrogen-bond acceptors (Lipinski definition) is 5. The van der Waals surface area contributed by atoms with E-state index in [4.69, 9.17) is 14.2 Å². The summed E-state index contributed by atoms with van der Waals surface area (Å²) in [5.41, 5.74) is 3.39. The van der Waals surface area contributed by atoms with E-state index in [1.807, 2.05) is 78.9 Å². The lowest BCUT2D eigenvalue weighted by Gasteiger charge is -2.29. The molecule has 5 nitrogen and oxygen atoms in total. The van der Waals surface area contributed by atoms with E-state index in [0.29, 0.717) is 12.2 Å². The largest absolute Gasteiger partial charge is 0.489 e. The summed E-state index contributed by atoms with van der Waals surface area (Å²) in [7, 11) is 0. The summed E-state index contributed by atoms with van der Waals surface area (Å²) >= 11 is 0. The van der Waals surface area contributed by atoms with Crippen LogP contribution >= 0.6 is 0 Å². The van der Waals surface area contributed by atoms with Crippen LogP contribution in [0.15, 0.2) is 84.4 Å². The standard InChI is InChI=1S/C26H22O5/c1-26(2)30-24(27)23(25(28)31-26)16-20-11-6-7-14-22(20)19-12-8-13-21(15-19)29-17-18-9-4-3-5-10-18/h3-16H,17H2,1-2H3. The second-order valence-electron chi connectivity index (χ2n) is 7.63. The average molecular weight is 414 g/mol. The summed E-state index contributed by atoms with van der Waals surface area (Å²) in [5, 5.41) is 0. The van der Waals surface area contributed by atoms with Gasteiger partial charge in [-0.15, -0.1) is 0 Å². The maximum atomic E-state index is 12.3. The number of ether oxygens (including phenoxy) is 3. The van der Waals surface area contributed by atoms with E-state index < -0.39 is 17.7 Å². The molecule has 1 heterocycles. The maximum absolute atomic E-state index is 12.3. The lowest BCUT2D eigenvalue weighted by atomic mass is 9.97. The fourth-order valence-corrected chi connectivity index (χ4v) is 3.31. The molecule has 0 radical (unpaired) electrons. The van der Waals surface area contributed by atoms with Crippen molar-refractivity contribution in [3.63, 3.8) is 0 Å². The second-order valence-corrected chi connectivity index (χ2v) is 7.63. The topological polar surface area (TPSA) is 61.8 Å². The van der Waals surface area contributed by atoms with E-state index in [2.05, 4.69) is 0 Å². The van der Waals surface area contributed by atoms with Crippen molar-refractivity contribution in [2.75, 3.05) is 0 Å². The summed E-state index contributed by atoms with van der Waals surface area (Å²) in [6.45, 7) is 3.51. The third-order valence-electron chi connectivity index (χ3n) is 4.77. The highest BCUT2D eigenvalue weighted by Crippen LogP contribution is 2.30. The molecule has 1 aliphatic heterocycles. The minimum Gasteiger partial charge on any atom is -0.489 e. The molecule has 0 spiro atoms. The Balaban J connectivity index is 1.62. The molecule has 1 aliphatic rings. The molecule has 0 aliphatic carbocycles. The summed E-state index contributed by atoms with van der Waals surface area (Å²) < 4.78 is 16.3. The molecule has 1 saturated heterocycles. The Morgan fingerprint density at radius 2 is 1.52 bits per heavy atom. The minimum absolute atomic E-state index is 0.136. The molecule has 4 rings (SSSR count). The van der Waals surface area contributed by atoms with Gasteiger partial charge in [-0.2, -0.15) is 0 Å². The van der Waals surface area contributed by atoms with Crippen LogP contribution in [0.3, 0.4) is 0 Å². The van der Waals surface area contributed by atoms with Gasteiger partial charge in [-0.1, -0.05) is 66.7 Å². The van der Waals surface area contributed by atoms with Gasteiger partial charge in [0.15, 0.2) is 0 Å². The van der Waals surface area contributed by atoms with Gasteiger partial charge in [0.05, 0.1) is 0 Å². The molecule has 31 heavy (non-hydrogen) atoms. The van der Waals surface area contributed by atoms with Gasteiger partial charge in [-0.3, -0.25) is 0 Å². The number of hydrogen-bond donors (Lipinski definition) is 0. The van der Waals surface area contributed by atoms with Gasteiger partial charge in [-0.25, -0.2) is 9.59 Å². The van der Waals surface area contributed by atoms with Crippen molar-refractivity contribution in [3.05, 3.63) is 95.6 Å². The van der Waals surface area contributed by atoms with Crippen molar-refractivity contribution in [2.24, 2.45) is 0 Å². The van der Waals surface area contributed by atoms with Crippen molar-refractivity contribution >= 4 is 18.0 Å². The van der Waals surface area contributed by atoms with Crippen LogP contribution in [-0.4, -0.2) is 17.7 Å². The summed E-state index contributed by atoms with van der Waals surface area (Å²) in [5.74, 6) is -1.94. The van der Waals surface area contributed by atoms with Crippen LogP contribution in [0.2, 0.25) is 0 Å². The minimum atomic E-state index is -1.27. The predicted octanol–water partition coefficient (Wildman–Crippen LogP) is 5.15. The molecule has 3 aromatic carbocycles. The van der Waals surface area contributed by atoms with Crippen molar-refractivity contribution in [1.82, 2.24) is 0 Å². The predicted molar refractivity (Wildman–Crippen MR) is 117 cm³/mol. The highest BCUT2D eigenvalue weighted by atomic mass is 16.7. The number of esters is 2. The Labute approximate surface area is 180 Å². The van der Waals surface area contributed by atoms with Gasteiger partial charge in [0.1, 0.15) is 17.9 Å². The van der Waals surface area contributed by atoms with Crippen LogP contribution in [0.5, 0.6) is 5.75 Å². The van der Waals surface area contributed by atoms with Crippen LogP contribution in [-0.2, 0) is 25.7 Å². The number of benzene rings is 3. The number of carbonyl (C=O) groups excluding carboxylic acids is 2. The Kier molecular flexibility index (Phi) is 5.58. The first kappa shape index (κ1) is 20.4. The normalized spacial score (nSPS) is 15.1. The average Bonchev–Trinajstić information content (AvgIpc) is 2.75. The molecule has 0 aromatic heterocycles. The zero-order valence-corrected chi connectivity index (χ0v) is 17.3. The van der Waals surface area contributed by atoms with E-state index >= 15 is 0 Å².